The Balaban J connectivity index is 2.23. The lowest BCUT2D eigenvalue weighted by Gasteiger charge is -2.15. The third kappa shape index (κ3) is 4.97. The van der Waals surface area contributed by atoms with Crippen LogP contribution in [0.1, 0.15) is 47.9 Å². The van der Waals surface area contributed by atoms with Crippen LogP contribution in [0.25, 0.3) is 5.57 Å². The van der Waals surface area contributed by atoms with Gasteiger partial charge < -0.3 is 16.2 Å². The molecule has 28 heavy (non-hydrogen) atoms. The van der Waals surface area contributed by atoms with Crippen LogP contribution >= 0.6 is 0 Å². The van der Waals surface area contributed by atoms with Gasteiger partial charge in [0.1, 0.15) is 0 Å². The number of nitrogens with two attached hydrogens (primary N) is 1. The number of aromatic amines is 2. The van der Waals surface area contributed by atoms with Gasteiger partial charge in [-0.1, -0.05) is 25.1 Å². The summed E-state index contributed by atoms with van der Waals surface area (Å²) in [5.41, 5.74) is 5.62. The molecule has 1 amide bonds. The number of allylic oxidation sites excluding steroid dienone is 1. The molecule has 0 saturated carbocycles. The Morgan fingerprint density at radius 2 is 2.11 bits per heavy atom. The molecule has 9 nitrogen and oxygen atoms in total. The van der Waals surface area contributed by atoms with Crippen molar-refractivity contribution in [3.05, 3.63) is 68.1 Å². The molecule has 0 fully saturated rings. The number of carbonyl (C=O) groups excluding carboxylic acids is 1. The van der Waals surface area contributed by atoms with Gasteiger partial charge in [-0.2, -0.15) is 0 Å². The Morgan fingerprint density at radius 3 is 2.79 bits per heavy atom. The highest BCUT2D eigenvalue weighted by atomic mass is 16.3. The summed E-state index contributed by atoms with van der Waals surface area (Å²) in [7, 11) is 0. The predicted molar refractivity (Wildman–Crippen MR) is 107 cm³/mol. The van der Waals surface area contributed by atoms with Crippen LogP contribution in [0.4, 0.5) is 0 Å². The molecule has 0 aliphatic carbocycles. The van der Waals surface area contributed by atoms with E-state index in [0.29, 0.717) is 6.54 Å². The molecule has 0 spiro atoms. The number of carbonyl (C=O) groups is 1. The summed E-state index contributed by atoms with van der Waals surface area (Å²) < 4.78 is 0. The lowest BCUT2D eigenvalue weighted by atomic mass is 10.0. The van der Waals surface area contributed by atoms with Crippen LogP contribution in [-0.4, -0.2) is 33.7 Å². The van der Waals surface area contributed by atoms with Gasteiger partial charge in [-0.05, 0) is 30.5 Å². The average molecular weight is 385 g/mol. The zero-order valence-corrected chi connectivity index (χ0v) is 15.7. The van der Waals surface area contributed by atoms with E-state index in [1.54, 1.807) is 13.1 Å². The first kappa shape index (κ1) is 20.7. The normalized spacial score (nSPS) is 12.9. The van der Waals surface area contributed by atoms with Crippen molar-refractivity contribution in [1.29, 1.82) is 0 Å². The number of nitrogens with zero attached hydrogens (tertiary/aromatic N) is 1. The second-order valence-electron chi connectivity index (χ2n) is 6.11. The van der Waals surface area contributed by atoms with E-state index in [1.165, 1.54) is 6.20 Å². The monoisotopic (exact) mass is 385 g/mol. The van der Waals surface area contributed by atoms with Gasteiger partial charge >= 0.3 is 5.69 Å². The van der Waals surface area contributed by atoms with Crippen LogP contribution in [0.5, 0.6) is 5.75 Å². The van der Waals surface area contributed by atoms with E-state index in [0.717, 1.165) is 23.1 Å². The van der Waals surface area contributed by atoms with Crippen LogP contribution in [-0.2, 0) is 0 Å². The fourth-order valence-corrected chi connectivity index (χ4v) is 2.49. The first-order valence-corrected chi connectivity index (χ1v) is 8.75. The molecule has 9 heteroatoms. The average Bonchev–Trinajstić information content (AvgIpc) is 2.68. The number of hydrogen-bond donors (Lipinski definition) is 5. The molecule has 1 aromatic carbocycles. The third-order valence-corrected chi connectivity index (χ3v) is 3.97. The largest absolute Gasteiger partial charge is 0.501 e. The number of aliphatic imine (C=N–C) groups is 1. The number of amides is 1. The van der Waals surface area contributed by atoms with Gasteiger partial charge in [0.25, 0.3) is 11.5 Å². The van der Waals surface area contributed by atoms with E-state index < -0.39 is 34.6 Å². The van der Waals surface area contributed by atoms with E-state index in [2.05, 4.69) is 15.3 Å². The number of H-pyrrole nitrogens is 2. The number of nitrogens with one attached hydrogen (secondary N) is 3. The minimum atomic E-state index is -1.03. The van der Waals surface area contributed by atoms with Gasteiger partial charge in [0, 0.05) is 24.5 Å². The topological polar surface area (TPSA) is 153 Å². The van der Waals surface area contributed by atoms with Crippen molar-refractivity contribution in [3.63, 3.8) is 0 Å². The second kappa shape index (κ2) is 9.36. The number of aromatic hydroxyl groups is 1. The first-order chi connectivity index (χ1) is 13.4. The molecule has 0 aliphatic heterocycles. The molecule has 6 N–H and O–H groups in total. The van der Waals surface area contributed by atoms with Crippen molar-refractivity contribution >= 4 is 17.7 Å². The Hall–Kier alpha value is -3.62. The third-order valence-electron chi connectivity index (χ3n) is 3.97. The van der Waals surface area contributed by atoms with Crippen LogP contribution in [0.2, 0.25) is 0 Å². The number of benzene rings is 1. The Morgan fingerprint density at radius 1 is 1.36 bits per heavy atom. The fraction of sp³-hybridized carbons (Fsp3) is 0.263. The highest BCUT2D eigenvalue weighted by Gasteiger charge is 2.18. The molecule has 2 rings (SSSR count). The molecular weight excluding hydrogens is 362 g/mol. The maximum Gasteiger partial charge on any atom is 0.326 e. The highest BCUT2D eigenvalue weighted by molar-refractivity contribution is 6.09. The zero-order valence-electron chi connectivity index (χ0n) is 15.7. The van der Waals surface area contributed by atoms with Crippen LogP contribution in [0.15, 0.2) is 45.0 Å². The SMILES string of the molecule is CCCN=CC(=CN)c1cccc([C@@H](C)NC(=O)c2[nH]c(=O)[nH]c(=O)c2O)c1. The lowest BCUT2D eigenvalue weighted by molar-refractivity contribution is 0.0931. The van der Waals surface area contributed by atoms with Crippen molar-refractivity contribution in [2.24, 2.45) is 10.7 Å². The molecule has 1 atom stereocenters. The van der Waals surface area contributed by atoms with E-state index in [-0.39, 0.29) is 0 Å². The fourth-order valence-electron chi connectivity index (χ4n) is 2.49. The van der Waals surface area contributed by atoms with Gasteiger partial charge in [0.05, 0.1) is 6.04 Å². The Labute approximate surface area is 161 Å². The smallest absolute Gasteiger partial charge is 0.326 e. The molecule has 0 aliphatic rings. The number of hydrogen-bond acceptors (Lipinski definition) is 6. The van der Waals surface area contributed by atoms with E-state index >= 15 is 0 Å². The molecule has 148 valence electrons. The lowest BCUT2D eigenvalue weighted by Crippen LogP contribution is -2.32. The molecule has 0 bridgehead atoms. The number of aromatic nitrogens is 2. The summed E-state index contributed by atoms with van der Waals surface area (Å²) in [5.74, 6) is -1.63. The minimum Gasteiger partial charge on any atom is -0.501 e. The minimum absolute atomic E-state index is 0.471. The zero-order chi connectivity index (χ0) is 20.7. The van der Waals surface area contributed by atoms with Crippen molar-refractivity contribution in [3.8, 4) is 5.75 Å². The second-order valence-corrected chi connectivity index (χ2v) is 6.11. The Bertz CT molecular complexity index is 1020. The van der Waals surface area contributed by atoms with Crippen LogP contribution < -0.4 is 22.3 Å². The van der Waals surface area contributed by atoms with Crippen molar-refractivity contribution in [1.82, 2.24) is 15.3 Å². The van der Waals surface area contributed by atoms with E-state index in [9.17, 15) is 19.5 Å². The van der Waals surface area contributed by atoms with Gasteiger partial charge in [0.15, 0.2) is 5.69 Å². The summed E-state index contributed by atoms with van der Waals surface area (Å²) in [6.45, 7) is 4.46. The molecule has 2 aromatic rings. The van der Waals surface area contributed by atoms with Crippen molar-refractivity contribution in [2.75, 3.05) is 6.54 Å². The van der Waals surface area contributed by atoms with Crippen LogP contribution in [0, 0.1) is 0 Å². The van der Waals surface area contributed by atoms with Gasteiger partial charge in [-0.3, -0.25) is 24.5 Å². The molecule has 0 radical (unpaired) electrons. The summed E-state index contributed by atoms with van der Waals surface area (Å²) in [6.07, 6.45) is 4.08. The van der Waals surface area contributed by atoms with Crippen LogP contribution in [0.3, 0.4) is 0 Å². The van der Waals surface area contributed by atoms with E-state index in [1.807, 2.05) is 36.2 Å². The number of rotatable bonds is 7. The summed E-state index contributed by atoms with van der Waals surface area (Å²) >= 11 is 0. The van der Waals surface area contributed by atoms with E-state index in [4.69, 9.17) is 5.73 Å². The maximum atomic E-state index is 12.4. The molecular formula is C19H23N5O4. The maximum absolute atomic E-state index is 12.4. The first-order valence-electron chi connectivity index (χ1n) is 8.75. The van der Waals surface area contributed by atoms with Crippen molar-refractivity contribution in [2.45, 2.75) is 26.3 Å². The van der Waals surface area contributed by atoms with Gasteiger partial charge in [-0.15, -0.1) is 0 Å². The summed E-state index contributed by atoms with van der Waals surface area (Å²) in [6, 6.07) is 6.88. The highest BCUT2D eigenvalue weighted by Crippen LogP contribution is 2.19. The quantitative estimate of drug-likeness (QED) is 0.451. The summed E-state index contributed by atoms with van der Waals surface area (Å²) in [4.78, 5) is 43.4. The summed E-state index contributed by atoms with van der Waals surface area (Å²) in [5, 5.41) is 12.4. The predicted octanol–water partition coefficient (Wildman–Crippen LogP) is 1.04. The van der Waals surface area contributed by atoms with Gasteiger partial charge in [-0.25, -0.2) is 4.79 Å². The van der Waals surface area contributed by atoms with Crippen molar-refractivity contribution < 1.29 is 9.90 Å². The Kier molecular flexibility index (Phi) is 6.91. The molecule has 1 heterocycles. The standard InChI is InChI=1S/C19H23N5O4/c1-3-7-21-10-14(9-20)13-6-4-5-12(8-13)11(2)22-17(26)15-16(25)18(27)24-19(28)23-15/h4-6,8-11,25H,3,7,20H2,1-2H3,(H,22,26)(H2,23,24,27,28)/t11-/m1/s1. The molecule has 1 aromatic heterocycles. The molecule has 0 saturated heterocycles. The molecule has 0 unspecified atom stereocenters. The van der Waals surface area contributed by atoms with Gasteiger partial charge in [0.2, 0.25) is 5.75 Å².